The van der Waals surface area contributed by atoms with Crippen LogP contribution >= 0.6 is 0 Å². The summed E-state index contributed by atoms with van der Waals surface area (Å²) in [6.45, 7) is 4.61. The topological polar surface area (TPSA) is 50.8 Å². The largest absolute Gasteiger partial charge is 0.311 e. The maximum absolute atomic E-state index is 9.25. The van der Waals surface area contributed by atoms with E-state index in [1.165, 1.54) is 27.8 Å². The molecule has 3 nitrogen and oxygen atoms in total. The predicted octanol–water partition coefficient (Wildman–Crippen LogP) is 8.87. The Balaban J connectivity index is 1.38. The number of hydrogen-bond acceptors (Lipinski definition) is 3. The zero-order valence-corrected chi connectivity index (χ0v) is 21.3. The van der Waals surface area contributed by atoms with E-state index in [1.54, 1.807) is 0 Å². The van der Waals surface area contributed by atoms with E-state index in [0.717, 1.165) is 22.6 Å². The Morgan fingerprint density at radius 2 is 1.00 bits per heavy atom. The van der Waals surface area contributed by atoms with E-state index in [9.17, 15) is 10.5 Å². The van der Waals surface area contributed by atoms with Gasteiger partial charge in [0.05, 0.1) is 23.3 Å². The third-order valence-electron chi connectivity index (χ3n) is 7.55. The normalized spacial score (nSPS) is 12.6. The van der Waals surface area contributed by atoms with Gasteiger partial charge in [-0.25, -0.2) is 0 Å². The van der Waals surface area contributed by atoms with Crippen LogP contribution in [0.15, 0.2) is 115 Å². The van der Waals surface area contributed by atoms with Gasteiger partial charge in [0.15, 0.2) is 0 Å². The molecule has 5 aromatic rings. The van der Waals surface area contributed by atoms with E-state index in [4.69, 9.17) is 0 Å². The van der Waals surface area contributed by atoms with Crippen LogP contribution in [0.1, 0.15) is 36.1 Å². The van der Waals surface area contributed by atoms with Crippen LogP contribution in [0.5, 0.6) is 0 Å². The Kier molecular flexibility index (Phi) is 5.56. The summed E-state index contributed by atoms with van der Waals surface area (Å²) in [5.74, 6) is 0. The number of fused-ring (bicyclic) bond motifs is 3. The number of anilines is 3. The molecule has 0 saturated heterocycles. The van der Waals surface area contributed by atoms with Gasteiger partial charge in [-0.2, -0.15) is 10.5 Å². The molecule has 0 saturated carbocycles. The summed E-state index contributed by atoms with van der Waals surface area (Å²) < 4.78 is 0. The van der Waals surface area contributed by atoms with Crippen LogP contribution in [0.3, 0.4) is 0 Å². The Bertz CT molecular complexity index is 1670. The molecule has 0 atom stereocenters. The van der Waals surface area contributed by atoms with Gasteiger partial charge in [0, 0.05) is 22.5 Å². The SMILES string of the molecule is CC1(C)c2ccccc2-c2ccc(-c3ccc(N(c4ccc(C#N)cc4)c4ccc(C#N)cc4)cc3)cc21. The predicted molar refractivity (Wildman–Crippen MR) is 154 cm³/mol. The van der Waals surface area contributed by atoms with Crippen molar-refractivity contribution in [1.29, 1.82) is 10.5 Å². The first-order chi connectivity index (χ1) is 18.5. The van der Waals surface area contributed by atoms with E-state index in [0.29, 0.717) is 11.1 Å². The number of benzene rings is 5. The molecule has 0 heterocycles. The van der Waals surface area contributed by atoms with Crippen molar-refractivity contribution in [3.05, 3.63) is 138 Å². The van der Waals surface area contributed by atoms with Gasteiger partial charge < -0.3 is 4.90 Å². The first-order valence-electron chi connectivity index (χ1n) is 12.6. The van der Waals surface area contributed by atoms with Crippen molar-refractivity contribution in [1.82, 2.24) is 0 Å². The third-order valence-corrected chi connectivity index (χ3v) is 7.55. The minimum atomic E-state index is -0.0378. The fraction of sp³-hybridized carbons (Fsp3) is 0.0857. The van der Waals surface area contributed by atoms with Gasteiger partial charge in [-0.1, -0.05) is 62.4 Å². The van der Waals surface area contributed by atoms with Crippen molar-refractivity contribution in [3.63, 3.8) is 0 Å². The molecule has 38 heavy (non-hydrogen) atoms. The summed E-state index contributed by atoms with van der Waals surface area (Å²) in [5, 5.41) is 18.5. The van der Waals surface area contributed by atoms with Crippen LogP contribution < -0.4 is 4.90 Å². The summed E-state index contributed by atoms with van der Waals surface area (Å²) in [5.41, 5.74) is 11.8. The number of hydrogen-bond donors (Lipinski definition) is 0. The molecule has 5 aromatic carbocycles. The van der Waals surface area contributed by atoms with Crippen LogP contribution in [0, 0.1) is 22.7 Å². The molecule has 180 valence electrons. The number of rotatable bonds is 4. The molecule has 3 heteroatoms. The second kappa shape index (κ2) is 9.07. The highest BCUT2D eigenvalue weighted by Gasteiger charge is 2.35. The molecule has 0 bridgehead atoms. The van der Waals surface area contributed by atoms with Gasteiger partial charge in [-0.15, -0.1) is 0 Å². The van der Waals surface area contributed by atoms with Gasteiger partial charge in [0.2, 0.25) is 0 Å². The Labute approximate surface area is 223 Å². The second-order valence-electron chi connectivity index (χ2n) is 10.1. The van der Waals surface area contributed by atoms with E-state index in [-0.39, 0.29) is 5.41 Å². The molecule has 0 amide bonds. The Hall–Kier alpha value is -5.12. The number of nitriles is 2. The average molecular weight is 488 g/mol. The second-order valence-corrected chi connectivity index (χ2v) is 10.1. The molecular weight excluding hydrogens is 462 g/mol. The lowest BCUT2D eigenvalue weighted by Gasteiger charge is -2.26. The minimum Gasteiger partial charge on any atom is -0.311 e. The smallest absolute Gasteiger partial charge is 0.0991 e. The summed E-state index contributed by atoms with van der Waals surface area (Å²) in [6, 6.07) is 43.5. The fourth-order valence-electron chi connectivity index (χ4n) is 5.50. The zero-order valence-electron chi connectivity index (χ0n) is 21.3. The van der Waals surface area contributed by atoms with Crippen molar-refractivity contribution in [2.24, 2.45) is 0 Å². The zero-order chi connectivity index (χ0) is 26.3. The first-order valence-corrected chi connectivity index (χ1v) is 12.6. The fourth-order valence-corrected chi connectivity index (χ4v) is 5.50. The molecule has 0 radical (unpaired) electrons. The first kappa shape index (κ1) is 23.3. The highest BCUT2D eigenvalue weighted by Crippen LogP contribution is 2.49. The molecule has 0 N–H and O–H groups in total. The third kappa shape index (κ3) is 3.83. The monoisotopic (exact) mass is 487 g/mol. The lowest BCUT2D eigenvalue weighted by molar-refractivity contribution is 0.660. The molecule has 0 unspecified atom stereocenters. The van der Waals surface area contributed by atoms with E-state index >= 15 is 0 Å². The van der Waals surface area contributed by atoms with Gasteiger partial charge in [-0.05, 0) is 100 Å². The van der Waals surface area contributed by atoms with Crippen LogP contribution in [0.25, 0.3) is 22.3 Å². The molecule has 0 aromatic heterocycles. The van der Waals surface area contributed by atoms with Crippen LogP contribution in [-0.2, 0) is 5.41 Å². The molecule has 1 aliphatic carbocycles. The standard InChI is InChI=1S/C35H25N3/c1-35(2)33-6-4-3-5-31(33)32-20-13-27(21-34(32)35)26-11-18-30(19-12-26)38(28-14-7-24(22-36)8-15-28)29-16-9-25(23-37)10-17-29/h3-21H,1-2H3. The maximum Gasteiger partial charge on any atom is 0.0991 e. The van der Waals surface area contributed by atoms with Crippen LogP contribution in [-0.4, -0.2) is 0 Å². The summed E-state index contributed by atoms with van der Waals surface area (Å²) >= 11 is 0. The van der Waals surface area contributed by atoms with Crippen molar-refractivity contribution in [2.75, 3.05) is 4.90 Å². The van der Waals surface area contributed by atoms with Crippen molar-refractivity contribution >= 4 is 17.1 Å². The van der Waals surface area contributed by atoms with Gasteiger partial charge in [0.1, 0.15) is 0 Å². The summed E-state index contributed by atoms with van der Waals surface area (Å²) in [7, 11) is 0. The van der Waals surface area contributed by atoms with Gasteiger partial charge in [0.25, 0.3) is 0 Å². The summed E-state index contributed by atoms with van der Waals surface area (Å²) in [6.07, 6.45) is 0. The number of nitrogens with zero attached hydrogens (tertiary/aromatic N) is 3. The highest BCUT2D eigenvalue weighted by atomic mass is 15.1. The lowest BCUT2D eigenvalue weighted by atomic mass is 9.81. The van der Waals surface area contributed by atoms with Crippen LogP contribution in [0.4, 0.5) is 17.1 Å². The van der Waals surface area contributed by atoms with Crippen molar-refractivity contribution in [3.8, 4) is 34.4 Å². The minimum absolute atomic E-state index is 0.0378. The van der Waals surface area contributed by atoms with Crippen LogP contribution in [0.2, 0.25) is 0 Å². The molecule has 0 spiro atoms. The maximum atomic E-state index is 9.25. The Morgan fingerprint density at radius 1 is 0.526 bits per heavy atom. The van der Waals surface area contributed by atoms with E-state index in [2.05, 4.69) is 97.6 Å². The van der Waals surface area contributed by atoms with E-state index in [1.807, 2.05) is 48.5 Å². The quantitative estimate of drug-likeness (QED) is 0.254. The molecule has 0 fully saturated rings. The summed E-state index contributed by atoms with van der Waals surface area (Å²) in [4.78, 5) is 2.13. The molecule has 0 aliphatic heterocycles. The van der Waals surface area contributed by atoms with Gasteiger partial charge >= 0.3 is 0 Å². The average Bonchev–Trinajstić information content (AvgIpc) is 3.20. The molecule has 1 aliphatic rings. The molecule has 6 rings (SSSR count). The van der Waals surface area contributed by atoms with E-state index < -0.39 is 0 Å². The molecular formula is C35H25N3. The van der Waals surface area contributed by atoms with Crippen molar-refractivity contribution in [2.45, 2.75) is 19.3 Å². The van der Waals surface area contributed by atoms with Crippen molar-refractivity contribution < 1.29 is 0 Å². The Morgan fingerprint density at radius 3 is 1.55 bits per heavy atom. The van der Waals surface area contributed by atoms with Gasteiger partial charge in [-0.3, -0.25) is 0 Å². The highest BCUT2D eigenvalue weighted by molar-refractivity contribution is 5.84. The lowest BCUT2D eigenvalue weighted by Crippen LogP contribution is -2.14.